The smallest absolute Gasteiger partial charge is 0.307 e. The highest BCUT2D eigenvalue weighted by Crippen LogP contribution is 2.43. The van der Waals surface area contributed by atoms with Gasteiger partial charge in [-0.25, -0.2) is 4.39 Å². The number of aryl methyl sites for hydroxylation is 2. The Labute approximate surface area is 185 Å². The number of allylic oxidation sites excluding steroid dienone is 1. The molecule has 0 amide bonds. The van der Waals surface area contributed by atoms with E-state index >= 15 is 0 Å². The van der Waals surface area contributed by atoms with Crippen LogP contribution in [0, 0.1) is 12.7 Å². The van der Waals surface area contributed by atoms with E-state index in [1.54, 1.807) is 19.1 Å². The van der Waals surface area contributed by atoms with Gasteiger partial charge in [0.15, 0.2) is 0 Å². The third kappa shape index (κ3) is 6.27. The lowest BCUT2D eigenvalue weighted by atomic mass is 9.88. The lowest BCUT2D eigenvalue weighted by Gasteiger charge is -2.19. The number of hydrogen-bond acceptors (Lipinski definition) is 3. The van der Waals surface area contributed by atoms with Gasteiger partial charge in [0.2, 0.25) is 0 Å². The molecule has 1 aliphatic carbocycles. The van der Waals surface area contributed by atoms with Gasteiger partial charge in [0.05, 0.1) is 13.0 Å². The maximum Gasteiger partial charge on any atom is 0.307 e. The molecule has 2 aromatic carbocycles. The number of ether oxygens (including phenoxy) is 1. The van der Waals surface area contributed by atoms with Gasteiger partial charge >= 0.3 is 5.97 Å². The first-order valence-electron chi connectivity index (χ1n) is 11.4. The van der Waals surface area contributed by atoms with Gasteiger partial charge in [-0.15, -0.1) is 6.58 Å². The van der Waals surface area contributed by atoms with Crippen molar-refractivity contribution in [1.29, 1.82) is 0 Å². The lowest BCUT2D eigenvalue weighted by molar-refractivity contribution is -0.143. The maximum atomic E-state index is 14.3. The molecular formula is C27H34FNO2. The van der Waals surface area contributed by atoms with Gasteiger partial charge in [0, 0.05) is 6.04 Å². The van der Waals surface area contributed by atoms with Crippen molar-refractivity contribution in [3.63, 3.8) is 0 Å². The van der Waals surface area contributed by atoms with E-state index in [0.29, 0.717) is 12.5 Å². The number of halogens is 1. The fraction of sp³-hybridized carbons (Fsp3) is 0.444. The van der Waals surface area contributed by atoms with Crippen LogP contribution in [0.25, 0.3) is 11.1 Å². The molecule has 166 valence electrons. The van der Waals surface area contributed by atoms with Crippen molar-refractivity contribution in [1.82, 2.24) is 0 Å². The van der Waals surface area contributed by atoms with Crippen molar-refractivity contribution in [2.75, 3.05) is 6.61 Å². The fourth-order valence-electron chi connectivity index (χ4n) is 4.23. The summed E-state index contributed by atoms with van der Waals surface area (Å²) in [5.41, 5.74) is 12.7. The summed E-state index contributed by atoms with van der Waals surface area (Å²) in [6, 6.07) is 9.28. The molecule has 3 nitrogen and oxygen atoms in total. The van der Waals surface area contributed by atoms with Crippen LogP contribution in [-0.4, -0.2) is 12.6 Å². The Balaban J connectivity index is 1.98. The fourth-order valence-corrected chi connectivity index (χ4v) is 4.23. The third-order valence-corrected chi connectivity index (χ3v) is 5.92. The van der Waals surface area contributed by atoms with E-state index in [4.69, 9.17) is 10.5 Å². The normalized spacial score (nSPS) is 14.3. The number of esters is 1. The molecule has 0 heterocycles. The topological polar surface area (TPSA) is 52.3 Å². The van der Waals surface area contributed by atoms with E-state index in [0.717, 1.165) is 53.5 Å². The standard InChI is InChI=1S/C27H34FNO2/c1-4-6-7-8-9-20-16-24(28)12-18(3)27(20)23-14-21(19-10-11-19)13-22(15-23)25(29)17-26(30)31-5-2/h4,12-16,19,25H,1,5-11,17,29H2,2-3H3/t25-/m0/s1. The van der Waals surface area contributed by atoms with Crippen molar-refractivity contribution in [2.24, 2.45) is 5.73 Å². The Morgan fingerprint density at radius 1 is 1.26 bits per heavy atom. The minimum absolute atomic E-state index is 0.151. The zero-order valence-electron chi connectivity index (χ0n) is 18.8. The molecule has 0 bridgehead atoms. The zero-order chi connectivity index (χ0) is 22.4. The second kappa shape index (κ2) is 10.7. The van der Waals surface area contributed by atoms with E-state index in [2.05, 4.69) is 24.8 Å². The van der Waals surface area contributed by atoms with Crippen molar-refractivity contribution in [3.8, 4) is 11.1 Å². The average Bonchev–Trinajstić information content (AvgIpc) is 3.56. The predicted molar refractivity (Wildman–Crippen MR) is 124 cm³/mol. The molecule has 0 aliphatic heterocycles. The van der Waals surface area contributed by atoms with Crippen LogP contribution < -0.4 is 5.73 Å². The van der Waals surface area contributed by atoms with Gasteiger partial charge in [-0.05, 0) is 110 Å². The number of carbonyl (C=O) groups is 1. The molecule has 1 saturated carbocycles. The van der Waals surface area contributed by atoms with Crippen LogP contribution >= 0.6 is 0 Å². The molecular weight excluding hydrogens is 389 g/mol. The summed E-state index contributed by atoms with van der Waals surface area (Å²) in [7, 11) is 0. The summed E-state index contributed by atoms with van der Waals surface area (Å²) in [6.07, 6.45) is 8.23. The van der Waals surface area contributed by atoms with Gasteiger partial charge in [0.1, 0.15) is 5.82 Å². The number of nitrogens with two attached hydrogens (primary N) is 1. The van der Waals surface area contributed by atoms with E-state index in [1.807, 2.05) is 13.0 Å². The minimum atomic E-state index is -0.423. The Bertz CT molecular complexity index is 933. The largest absolute Gasteiger partial charge is 0.466 e. The molecule has 31 heavy (non-hydrogen) atoms. The third-order valence-electron chi connectivity index (χ3n) is 5.92. The highest BCUT2D eigenvalue weighted by atomic mass is 19.1. The van der Waals surface area contributed by atoms with Crippen LogP contribution in [-0.2, 0) is 16.0 Å². The number of benzene rings is 2. The average molecular weight is 424 g/mol. The van der Waals surface area contributed by atoms with Crippen molar-refractivity contribution >= 4 is 5.97 Å². The molecule has 2 N–H and O–H groups in total. The summed E-state index contributed by atoms with van der Waals surface area (Å²) in [5, 5.41) is 0. The van der Waals surface area contributed by atoms with Gasteiger partial charge in [0.25, 0.3) is 0 Å². The number of carbonyl (C=O) groups excluding carboxylic acids is 1. The molecule has 1 aliphatic rings. The van der Waals surface area contributed by atoms with Crippen LogP contribution in [0.1, 0.15) is 79.7 Å². The number of hydrogen-bond donors (Lipinski definition) is 1. The van der Waals surface area contributed by atoms with Crippen LogP contribution in [0.4, 0.5) is 4.39 Å². The summed E-state index contributed by atoms with van der Waals surface area (Å²) >= 11 is 0. The Morgan fingerprint density at radius 3 is 2.71 bits per heavy atom. The maximum absolute atomic E-state index is 14.3. The quantitative estimate of drug-likeness (QED) is 0.254. The Hall–Kier alpha value is -2.46. The number of unbranched alkanes of at least 4 members (excludes halogenated alkanes) is 2. The molecule has 3 rings (SSSR count). The van der Waals surface area contributed by atoms with Crippen LogP contribution in [0.15, 0.2) is 43.0 Å². The van der Waals surface area contributed by atoms with Crippen LogP contribution in [0.3, 0.4) is 0 Å². The summed E-state index contributed by atoms with van der Waals surface area (Å²) in [5.74, 6) is 0.0667. The van der Waals surface area contributed by atoms with Crippen molar-refractivity contribution < 1.29 is 13.9 Å². The van der Waals surface area contributed by atoms with Crippen LogP contribution in [0.5, 0.6) is 0 Å². The minimum Gasteiger partial charge on any atom is -0.466 e. The zero-order valence-corrected chi connectivity index (χ0v) is 18.8. The monoisotopic (exact) mass is 423 g/mol. The van der Waals surface area contributed by atoms with Crippen molar-refractivity contribution in [3.05, 3.63) is 71.1 Å². The molecule has 0 radical (unpaired) electrons. The molecule has 0 unspecified atom stereocenters. The van der Waals surface area contributed by atoms with Gasteiger partial charge in [-0.3, -0.25) is 4.79 Å². The van der Waals surface area contributed by atoms with E-state index in [1.165, 1.54) is 18.4 Å². The second-order valence-corrected chi connectivity index (χ2v) is 8.57. The molecule has 0 spiro atoms. The molecule has 0 aromatic heterocycles. The summed E-state index contributed by atoms with van der Waals surface area (Å²) in [4.78, 5) is 12.0. The van der Waals surface area contributed by atoms with Crippen LogP contribution in [0.2, 0.25) is 0 Å². The van der Waals surface area contributed by atoms with E-state index < -0.39 is 6.04 Å². The highest BCUT2D eigenvalue weighted by molar-refractivity contribution is 5.74. The number of rotatable bonds is 11. The molecule has 1 atom stereocenters. The first kappa shape index (κ1) is 23.2. The van der Waals surface area contributed by atoms with E-state index in [-0.39, 0.29) is 18.2 Å². The Kier molecular flexibility index (Phi) is 8.03. The molecule has 1 fully saturated rings. The van der Waals surface area contributed by atoms with Crippen molar-refractivity contribution in [2.45, 2.75) is 70.8 Å². The second-order valence-electron chi connectivity index (χ2n) is 8.57. The van der Waals surface area contributed by atoms with Gasteiger partial charge < -0.3 is 10.5 Å². The van der Waals surface area contributed by atoms with Gasteiger partial charge in [-0.1, -0.05) is 18.2 Å². The van der Waals surface area contributed by atoms with Gasteiger partial charge in [-0.2, -0.15) is 0 Å². The lowest BCUT2D eigenvalue weighted by Crippen LogP contribution is -2.17. The first-order chi connectivity index (χ1) is 14.9. The van der Waals surface area contributed by atoms with E-state index in [9.17, 15) is 9.18 Å². The first-order valence-corrected chi connectivity index (χ1v) is 11.4. The predicted octanol–water partition coefficient (Wildman–Crippen LogP) is 6.53. The Morgan fingerprint density at radius 2 is 2.03 bits per heavy atom. The molecule has 0 saturated heterocycles. The summed E-state index contributed by atoms with van der Waals surface area (Å²) in [6.45, 7) is 7.89. The highest BCUT2D eigenvalue weighted by Gasteiger charge is 2.26. The molecule has 4 heteroatoms. The molecule has 2 aromatic rings. The SMILES string of the molecule is C=CCCCCc1cc(F)cc(C)c1-c1cc(C2CC2)cc([C@@H](N)CC(=O)OCC)c1. The summed E-state index contributed by atoms with van der Waals surface area (Å²) < 4.78 is 19.3.